The number of rotatable bonds is 1. The summed E-state index contributed by atoms with van der Waals surface area (Å²) in [6.45, 7) is 1.47. The lowest BCUT2D eigenvalue weighted by Crippen LogP contribution is -2.33. The molecule has 0 saturated carbocycles. The molecule has 2 aromatic rings. The molecular weight excluding hydrogens is 236 g/mol. The molecule has 94 valence electrons. The number of likely N-dealkylation sites (tertiary alicyclic amines) is 1. The van der Waals surface area contributed by atoms with Crippen LogP contribution in [0.1, 0.15) is 12.8 Å². The molecule has 8 nitrogen and oxygen atoms in total. The molecule has 0 atom stereocenters. The first kappa shape index (κ1) is 10.8. The van der Waals surface area contributed by atoms with Gasteiger partial charge in [0.2, 0.25) is 5.95 Å². The van der Waals surface area contributed by atoms with Gasteiger partial charge in [-0.05, 0) is 12.8 Å². The van der Waals surface area contributed by atoms with E-state index in [0.29, 0.717) is 5.52 Å². The summed E-state index contributed by atoms with van der Waals surface area (Å²) in [5, 5.41) is 2.57. The van der Waals surface area contributed by atoms with Gasteiger partial charge in [0.05, 0.1) is 6.33 Å². The molecule has 0 aliphatic carbocycles. The first-order valence-electron chi connectivity index (χ1n) is 5.73. The predicted octanol–water partition coefficient (Wildman–Crippen LogP) is 0.274. The summed E-state index contributed by atoms with van der Waals surface area (Å²) in [4.78, 5) is 38.3. The van der Waals surface area contributed by atoms with Crippen molar-refractivity contribution >= 4 is 23.1 Å². The Hall–Kier alpha value is -2.38. The van der Waals surface area contributed by atoms with E-state index in [0.717, 1.165) is 25.9 Å². The molecule has 1 aliphatic rings. The highest BCUT2D eigenvalue weighted by Gasteiger charge is 2.18. The van der Waals surface area contributed by atoms with Gasteiger partial charge in [-0.3, -0.25) is 15.1 Å². The van der Waals surface area contributed by atoms with Crippen molar-refractivity contribution in [2.24, 2.45) is 0 Å². The molecule has 0 spiro atoms. The van der Waals surface area contributed by atoms with Crippen LogP contribution in [0.2, 0.25) is 0 Å². The summed E-state index contributed by atoms with van der Waals surface area (Å²) >= 11 is 0. The fourth-order valence-electron chi connectivity index (χ4n) is 2.00. The quantitative estimate of drug-likeness (QED) is 0.673. The number of carbonyl (C=O) groups excluding carboxylic acids is 1. The highest BCUT2D eigenvalue weighted by atomic mass is 16.2. The van der Waals surface area contributed by atoms with Gasteiger partial charge >= 0.3 is 6.03 Å². The minimum atomic E-state index is -0.353. The van der Waals surface area contributed by atoms with Crippen LogP contribution in [0.3, 0.4) is 0 Å². The number of H-pyrrole nitrogens is 2. The lowest BCUT2D eigenvalue weighted by molar-refractivity contribution is 0.222. The molecule has 0 unspecified atom stereocenters. The number of anilines is 1. The Kier molecular flexibility index (Phi) is 2.47. The number of hydrogen-bond acceptors (Lipinski definition) is 4. The van der Waals surface area contributed by atoms with Crippen LogP contribution < -0.4 is 10.9 Å². The van der Waals surface area contributed by atoms with Crippen molar-refractivity contribution < 1.29 is 4.79 Å². The second kappa shape index (κ2) is 4.13. The van der Waals surface area contributed by atoms with Gasteiger partial charge in [-0.1, -0.05) is 0 Å². The van der Waals surface area contributed by atoms with E-state index in [9.17, 15) is 9.59 Å². The summed E-state index contributed by atoms with van der Waals surface area (Å²) in [6.07, 6.45) is 3.41. The van der Waals surface area contributed by atoms with Gasteiger partial charge in [0.15, 0.2) is 11.2 Å². The maximum Gasteiger partial charge on any atom is 0.324 e. The number of hydrogen-bond donors (Lipinski definition) is 3. The second-order valence-corrected chi connectivity index (χ2v) is 4.14. The van der Waals surface area contributed by atoms with Crippen LogP contribution in [0.5, 0.6) is 0 Å². The number of nitrogens with zero attached hydrogens (tertiary/aromatic N) is 3. The maximum absolute atomic E-state index is 11.8. The van der Waals surface area contributed by atoms with Crippen LogP contribution in [-0.4, -0.2) is 44.0 Å². The summed E-state index contributed by atoms with van der Waals surface area (Å²) in [5.41, 5.74) is 0.235. The van der Waals surface area contributed by atoms with E-state index in [-0.39, 0.29) is 23.2 Å². The first-order chi connectivity index (χ1) is 8.74. The number of carbonyl (C=O) groups is 1. The Morgan fingerprint density at radius 1 is 1.39 bits per heavy atom. The predicted molar refractivity (Wildman–Crippen MR) is 64.3 cm³/mol. The molecule has 0 aromatic carbocycles. The number of aromatic nitrogens is 4. The van der Waals surface area contributed by atoms with Crippen molar-refractivity contribution in [2.45, 2.75) is 12.8 Å². The smallest absolute Gasteiger partial charge is 0.324 e. The molecule has 0 radical (unpaired) electrons. The fourth-order valence-corrected chi connectivity index (χ4v) is 2.00. The maximum atomic E-state index is 11.8. The third kappa shape index (κ3) is 1.81. The van der Waals surface area contributed by atoms with E-state index >= 15 is 0 Å². The highest BCUT2D eigenvalue weighted by Crippen LogP contribution is 2.09. The summed E-state index contributed by atoms with van der Waals surface area (Å²) in [7, 11) is 0. The zero-order chi connectivity index (χ0) is 12.5. The van der Waals surface area contributed by atoms with Gasteiger partial charge in [-0.25, -0.2) is 9.78 Å². The van der Waals surface area contributed by atoms with Crippen molar-refractivity contribution in [1.82, 2.24) is 24.8 Å². The molecule has 3 N–H and O–H groups in total. The van der Waals surface area contributed by atoms with E-state index in [1.54, 1.807) is 4.90 Å². The Morgan fingerprint density at radius 2 is 2.17 bits per heavy atom. The molecule has 1 fully saturated rings. The van der Waals surface area contributed by atoms with Crippen LogP contribution >= 0.6 is 0 Å². The molecule has 0 bridgehead atoms. The van der Waals surface area contributed by atoms with Crippen molar-refractivity contribution in [3.63, 3.8) is 0 Å². The summed E-state index contributed by atoms with van der Waals surface area (Å²) < 4.78 is 0. The average Bonchev–Trinajstić information content (AvgIpc) is 2.99. The van der Waals surface area contributed by atoms with Crippen LogP contribution in [0.15, 0.2) is 11.1 Å². The monoisotopic (exact) mass is 248 g/mol. The molecule has 1 saturated heterocycles. The topological polar surface area (TPSA) is 107 Å². The number of fused-ring (bicyclic) bond motifs is 1. The van der Waals surface area contributed by atoms with Crippen LogP contribution in [0.4, 0.5) is 10.7 Å². The van der Waals surface area contributed by atoms with Crippen LogP contribution in [-0.2, 0) is 0 Å². The number of aromatic amines is 2. The van der Waals surface area contributed by atoms with E-state index in [1.165, 1.54) is 6.33 Å². The van der Waals surface area contributed by atoms with E-state index in [4.69, 9.17) is 0 Å². The first-order valence-corrected chi connectivity index (χ1v) is 5.73. The van der Waals surface area contributed by atoms with Crippen LogP contribution in [0, 0.1) is 0 Å². The third-order valence-corrected chi connectivity index (χ3v) is 2.91. The Balaban J connectivity index is 1.85. The number of urea groups is 1. The van der Waals surface area contributed by atoms with Crippen molar-refractivity contribution in [1.29, 1.82) is 0 Å². The van der Waals surface area contributed by atoms with Crippen LogP contribution in [0.25, 0.3) is 11.2 Å². The van der Waals surface area contributed by atoms with Crippen molar-refractivity contribution in [3.8, 4) is 0 Å². The molecule has 1 aliphatic heterocycles. The number of imidazole rings is 1. The zero-order valence-electron chi connectivity index (χ0n) is 9.56. The molecule has 3 heterocycles. The molecule has 3 rings (SSSR count). The highest BCUT2D eigenvalue weighted by molar-refractivity contribution is 5.88. The molecule has 2 aromatic heterocycles. The standard InChI is InChI=1S/C10H12N6O2/c17-8-6-7(12-5-11-6)13-9(14-8)15-10(18)16-3-1-2-4-16/h5H,1-4H2,(H3,11,12,13,14,15,17,18). The third-order valence-electron chi connectivity index (χ3n) is 2.91. The van der Waals surface area contributed by atoms with E-state index in [2.05, 4.69) is 25.3 Å². The summed E-state index contributed by atoms with van der Waals surface area (Å²) in [5.74, 6) is 0.122. The van der Waals surface area contributed by atoms with E-state index < -0.39 is 0 Å². The van der Waals surface area contributed by atoms with Gasteiger partial charge in [-0.15, -0.1) is 0 Å². The fraction of sp³-hybridized carbons (Fsp3) is 0.400. The van der Waals surface area contributed by atoms with Gasteiger partial charge in [0.1, 0.15) is 0 Å². The number of amides is 2. The Bertz CT molecular complexity index is 639. The molecule has 18 heavy (non-hydrogen) atoms. The Labute approximate surface area is 101 Å². The van der Waals surface area contributed by atoms with Gasteiger partial charge in [0.25, 0.3) is 5.56 Å². The van der Waals surface area contributed by atoms with Gasteiger partial charge in [0, 0.05) is 13.1 Å². The van der Waals surface area contributed by atoms with Crippen molar-refractivity contribution in [3.05, 3.63) is 16.7 Å². The minimum absolute atomic E-state index is 0.122. The molecule has 8 heteroatoms. The molecular formula is C10H12N6O2. The van der Waals surface area contributed by atoms with Gasteiger partial charge < -0.3 is 9.88 Å². The zero-order valence-corrected chi connectivity index (χ0v) is 9.56. The number of nitrogens with one attached hydrogen (secondary N) is 3. The normalized spacial score (nSPS) is 15.2. The average molecular weight is 248 g/mol. The Morgan fingerprint density at radius 3 is 2.94 bits per heavy atom. The lowest BCUT2D eigenvalue weighted by Gasteiger charge is -2.15. The van der Waals surface area contributed by atoms with Gasteiger partial charge in [-0.2, -0.15) is 4.98 Å². The lowest BCUT2D eigenvalue weighted by atomic mass is 10.4. The molecule has 2 amide bonds. The SMILES string of the molecule is O=C(Nc1nc2nc[nH]c2c(=O)[nH]1)N1CCCC1. The largest absolute Gasteiger partial charge is 0.339 e. The minimum Gasteiger partial charge on any atom is -0.339 e. The van der Waals surface area contributed by atoms with E-state index in [1.807, 2.05) is 0 Å². The van der Waals surface area contributed by atoms with Crippen molar-refractivity contribution in [2.75, 3.05) is 18.4 Å². The summed E-state index contributed by atoms with van der Waals surface area (Å²) in [6, 6.07) is -0.245. The second-order valence-electron chi connectivity index (χ2n) is 4.14.